The molecule has 1 N–H and O–H groups in total. The third-order valence-corrected chi connectivity index (χ3v) is 5.42. The maximum absolute atomic E-state index is 11.5. The van der Waals surface area contributed by atoms with Gasteiger partial charge in [-0.25, -0.2) is 0 Å². The van der Waals surface area contributed by atoms with Crippen molar-refractivity contribution < 1.29 is 19.4 Å². The summed E-state index contributed by atoms with van der Waals surface area (Å²) in [6.07, 6.45) is 19.6. The van der Waals surface area contributed by atoms with Gasteiger partial charge in [0, 0.05) is 13.3 Å². The Morgan fingerprint density at radius 2 is 1.63 bits per heavy atom. The Kier molecular flexibility index (Phi) is 13.3. The predicted molar refractivity (Wildman–Crippen MR) is 109 cm³/mol. The van der Waals surface area contributed by atoms with Gasteiger partial charge >= 0.3 is 5.97 Å². The standard InChI is InChI=1S/C23H40O4/c1-4-6-7-8-9-10-11-12-13-14-16-22(26-19(3)24)23-18-17-21(27-23)20(25)15-5-2/h2,20-23,25H,4,6-18H2,1,3H3/t20-,21+,22-,23-/m0/s1. The number of hydrogen-bond donors (Lipinski definition) is 1. The minimum absolute atomic E-state index is 0.120. The Labute approximate surface area is 166 Å². The van der Waals surface area contributed by atoms with Crippen LogP contribution < -0.4 is 0 Å². The third-order valence-electron chi connectivity index (χ3n) is 5.42. The summed E-state index contributed by atoms with van der Waals surface area (Å²) in [5.74, 6) is 2.22. The van der Waals surface area contributed by atoms with Crippen LogP contribution in [0.2, 0.25) is 0 Å². The van der Waals surface area contributed by atoms with Crippen LogP contribution in [-0.4, -0.2) is 35.5 Å². The Morgan fingerprint density at radius 1 is 1.07 bits per heavy atom. The van der Waals surface area contributed by atoms with Crippen molar-refractivity contribution >= 4 is 5.97 Å². The van der Waals surface area contributed by atoms with Crippen molar-refractivity contribution in [2.24, 2.45) is 0 Å². The molecule has 1 fully saturated rings. The first-order valence-corrected chi connectivity index (χ1v) is 11.0. The number of carbonyl (C=O) groups excluding carboxylic acids is 1. The Hall–Kier alpha value is -1.05. The largest absolute Gasteiger partial charge is 0.460 e. The molecule has 0 aromatic rings. The molecule has 1 saturated heterocycles. The lowest BCUT2D eigenvalue weighted by Crippen LogP contribution is -2.33. The second kappa shape index (κ2) is 14.9. The number of unbranched alkanes of at least 4 members (excludes halogenated alkanes) is 9. The maximum Gasteiger partial charge on any atom is 0.302 e. The smallest absolute Gasteiger partial charge is 0.302 e. The molecule has 0 amide bonds. The molecule has 1 aliphatic heterocycles. The van der Waals surface area contributed by atoms with Crippen LogP contribution in [0, 0.1) is 12.3 Å². The van der Waals surface area contributed by atoms with Gasteiger partial charge in [-0.1, -0.05) is 64.7 Å². The topological polar surface area (TPSA) is 55.8 Å². The van der Waals surface area contributed by atoms with E-state index in [2.05, 4.69) is 12.8 Å². The molecule has 1 rings (SSSR count). The fraction of sp³-hybridized carbons (Fsp3) is 0.870. The predicted octanol–water partition coefficient (Wildman–Crippen LogP) is 5.16. The van der Waals surface area contributed by atoms with Gasteiger partial charge in [-0.3, -0.25) is 4.79 Å². The highest BCUT2D eigenvalue weighted by molar-refractivity contribution is 5.66. The van der Waals surface area contributed by atoms with Crippen LogP contribution in [0.4, 0.5) is 0 Å². The highest BCUT2D eigenvalue weighted by Crippen LogP contribution is 2.29. The molecule has 1 aliphatic rings. The van der Waals surface area contributed by atoms with E-state index in [1.807, 2.05) is 0 Å². The molecule has 0 spiro atoms. The van der Waals surface area contributed by atoms with Crippen LogP contribution in [0.3, 0.4) is 0 Å². The van der Waals surface area contributed by atoms with Crippen molar-refractivity contribution in [3.63, 3.8) is 0 Å². The summed E-state index contributed by atoms with van der Waals surface area (Å²) in [5.41, 5.74) is 0. The SMILES string of the molecule is C#CC[C@H](O)[C@H]1CC[C@@H]([C@H](CCCCCCCCCCCC)OC(C)=O)O1. The Bertz CT molecular complexity index is 429. The van der Waals surface area contributed by atoms with E-state index in [1.54, 1.807) is 0 Å². The van der Waals surface area contributed by atoms with Gasteiger partial charge in [0.05, 0.1) is 18.3 Å². The summed E-state index contributed by atoms with van der Waals surface area (Å²) in [7, 11) is 0. The molecule has 0 unspecified atom stereocenters. The number of terminal acetylenes is 1. The van der Waals surface area contributed by atoms with Crippen LogP contribution >= 0.6 is 0 Å². The number of rotatable bonds is 15. The molecule has 4 heteroatoms. The van der Waals surface area contributed by atoms with E-state index in [1.165, 1.54) is 64.7 Å². The summed E-state index contributed by atoms with van der Waals surface area (Å²) in [4.78, 5) is 11.5. The minimum atomic E-state index is -0.629. The van der Waals surface area contributed by atoms with E-state index in [0.717, 1.165) is 25.7 Å². The van der Waals surface area contributed by atoms with E-state index in [9.17, 15) is 9.90 Å². The van der Waals surface area contributed by atoms with Crippen LogP contribution in [-0.2, 0) is 14.3 Å². The number of aliphatic hydroxyl groups is 1. The molecule has 0 radical (unpaired) electrons. The molecule has 0 aromatic heterocycles. The molecule has 156 valence electrons. The average molecular weight is 381 g/mol. The van der Waals surface area contributed by atoms with Gasteiger partial charge in [0.1, 0.15) is 6.10 Å². The van der Waals surface area contributed by atoms with Gasteiger partial charge in [-0.15, -0.1) is 12.3 Å². The third kappa shape index (κ3) is 10.8. The first-order chi connectivity index (χ1) is 13.1. The van der Waals surface area contributed by atoms with Crippen LogP contribution in [0.25, 0.3) is 0 Å². The number of ether oxygens (including phenoxy) is 2. The van der Waals surface area contributed by atoms with E-state index in [-0.39, 0.29) is 24.3 Å². The lowest BCUT2D eigenvalue weighted by molar-refractivity contribution is -0.157. The molecule has 0 aromatic carbocycles. The van der Waals surface area contributed by atoms with Crippen molar-refractivity contribution in [2.75, 3.05) is 0 Å². The normalized spacial score (nSPS) is 21.6. The molecule has 1 heterocycles. The summed E-state index contributed by atoms with van der Waals surface area (Å²) >= 11 is 0. The lowest BCUT2D eigenvalue weighted by atomic mass is 10.0. The van der Waals surface area contributed by atoms with Crippen molar-refractivity contribution in [3.05, 3.63) is 0 Å². The quantitative estimate of drug-likeness (QED) is 0.242. The van der Waals surface area contributed by atoms with Gasteiger partial charge in [-0.2, -0.15) is 0 Å². The van der Waals surface area contributed by atoms with Gasteiger partial charge in [0.2, 0.25) is 0 Å². The number of carbonyl (C=O) groups is 1. The van der Waals surface area contributed by atoms with Gasteiger partial charge < -0.3 is 14.6 Å². The Morgan fingerprint density at radius 3 is 2.19 bits per heavy atom. The van der Waals surface area contributed by atoms with Crippen molar-refractivity contribution in [1.29, 1.82) is 0 Å². The van der Waals surface area contributed by atoms with E-state index < -0.39 is 6.10 Å². The van der Waals surface area contributed by atoms with Crippen molar-refractivity contribution in [2.45, 2.75) is 128 Å². The van der Waals surface area contributed by atoms with Crippen LogP contribution in [0.5, 0.6) is 0 Å². The molecule has 0 aliphatic carbocycles. The second-order valence-electron chi connectivity index (χ2n) is 7.88. The van der Waals surface area contributed by atoms with Gasteiger partial charge in [0.25, 0.3) is 0 Å². The molecule has 27 heavy (non-hydrogen) atoms. The van der Waals surface area contributed by atoms with Gasteiger partial charge in [-0.05, 0) is 25.7 Å². The van der Waals surface area contributed by atoms with Crippen LogP contribution in [0.1, 0.15) is 104 Å². The highest BCUT2D eigenvalue weighted by atomic mass is 16.6. The van der Waals surface area contributed by atoms with E-state index in [0.29, 0.717) is 6.42 Å². The molecule has 0 bridgehead atoms. The molecule has 4 nitrogen and oxygen atoms in total. The van der Waals surface area contributed by atoms with E-state index in [4.69, 9.17) is 15.9 Å². The fourth-order valence-corrected chi connectivity index (χ4v) is 3.86. The Balaban J connectivity index is 2.21. The highest BCUT2D eigenvalue weighted by Gasteiger charge is 2.36. The number of aliphatic hydroxyl groups excluding tert-OH is 1. The minimum Gasteiger partial charge on any atom is -0.460 e. The first kappa shape index (κ1) is 24.0. The molecule has 4 atom stereocenters. The van der Waals surface area contributed by atoms with Crippen LogP contribution in [0.15, 0.2) is 0 Å². The zero-order chi connectivity index (χ0) is 19.9. The maximum atomic E-state index is 11.5. The zero-order valence-corrected chi connectivity index (χ0v) is 17.5. The van der Waals surface area contributed by atoms with Crippen molar-refractivity contribution in [1.82, 2.24) is 0 Å². The summed E-state index contributed by atoms with van der Waals surface area (Å²) in [5, 5.41) is 10.0. The average Bonchev–Trinajstić information content (AvgIpc) is 3.12. The zero-order valence-electron chi connectivity index (χ0n) is 17.5. The fourth-order valence-electron chi connectivity index (χ4n) is 3.86. The van der Waals surface area contributed by atoms with E-state index >= 15 is 0 Å². The first-order valence-electron chi connectivity index (χ1n) is 11.0. The number of hydrogen-bond acceptors (Lipinski definition) is 4. The van der Waals surface area contributed by atoms with Crippen molar-refractivity contribution in [3.8, 4) is 12.3 Å². The lowest BCUT2D eigenvalue weighted by Gasteiger charge is -2.24. The molecule has 0 saturated carbocycles. The van der Waals surface area contributed by atoms with Gasteiger partial charge in [0.15, 0.2) is 0 Å². The number of esters is 1. The summed E-state index contributed by atoms with van der Waals surface area (Å²) in [6, 6.07) is 0. The molecular formula is C23H40O4. The summed E-state index contributed by atoms with van der Waals surface area (Å²) in [6.45, 7) is 3.70. The second-order valence-corrected chi connectivity index (χ2v) is 7.88. The monoisotopic (exact) mass is 380 g/mol. The molecular weight excluding hydrogens is 340 g/mol. The summed E-state index contributed by atoms with van der Waals surface area (Å²) < 4.78 is 11.5.